The van der Waals surface area contributed by atoms with Crippen LogP contribution in [0.3, 0.4) is 0 Å². The van der Waals surface area contributed by atoms with Crippen molar-refractivity contribution in [2.45, 2.75) is 33.2 Å². The smallest absolute Gasteiger partial charge is 0.341 e. The highest BCUT2D eigenvalue weighted by atomic mass is 16.5. The molecule has 1 saturated heterocycles. The summed E-state index contributed by atoms with van der Waals surface area (Å²) in [4.78, 5) is 26.5. The van der Waals surface area contributed by atoms with Crippen LogP contribution >= 0.6 is 0 Å². The van der Waals surface area contributed by atoms with E-state index in [2.05, 4.69) is 25.7 Å². The van der Waals surface area contributed by atoms with Gasteiger partial charge in [0.2, 0.25) is 0 Å². The van der Waals surface area contributed by atoms with E-state index in [1.54, 1.807) is 7.11 Å². The second-order valence-electron chi connectivity index (χ2n) is 9.70. The fraction of sp³-hybridized carbons (Fsp3) is 0.520. The molecule has 33 heavy (non-hydrogen) atoms. The zero-order valence-electron chi connectivity index (χ0n) is 19.7. The van der Waals surface area contributed by atoms with E-state index in [9.17, 15) is 14.7 Å². The third-order valence-corrected chi connectivity index (χ3v) is 6.49. The van der Waals surface area contributed by atoms with Crippen molar-refractivity contribution in [2.75, 3.05) is 46.6 Å². The molecule has 1 atom stereocenters. The van der Waals surface area contributed by atoms with Crippen LogP contribution in [-0.2, 0) is 11.2 Å². The van der Waals surface area contributed by atoms with Gasteiger partial charge < -0.3 is 23.9 Å². The zero-order valence-corrected chi connectivity index (χ0v) is 19.7. The summed E-state index contributed by atoms with van der Waals surface area (Å²) in [6.45, 7) is 11.0. The van der Waals surface area contributed by atoms with Crippen molar-refractivity contribution >= 4 is 5.97 Å². The highest BCUT2D eigenvalue weighted by molar-refractivity contribution is 5.88. The van der Waals surface area contributed by atoms with Gasteiger partial charge in [0, 0.05) is 43.5 Å². The lowest BCUT2D eigenvalue weighted by Crippen LogP contribution is -2.38. The average Bonchev–Trinajstić information content (AvgIpc) is 2.77. The van der Waals surface area contributed by atoms with Gasteiger partial charge >= 0.3 is 5.97 Å². The number of carbonyl (C=O) groups is 1. The van der Waals surface area contributed by atoms with Gasteiger partial charge in [-0.2, -0.15) is 0 Å². The number of carboxylic acids is 1. The summed E-state index contributed by atoms with van der Waals surface area (Å²) in [5.41, 5.74) is 1.74. The second-order valence-corrected chi connectivity index (χ2v) is 9.70. The van der Waals surface area contributed by atoms with Gasteiger partial charge in [-0.25, -0.2) is 4.79 Å². The number of ether oxygens (including phenoxy) is 3. The van der Waals surface area contributed by atoms with Crippen molar-refractivity contribution in [3.63, 3.8) is 0 Å². The number of benzene rings is 1. The van der Waals surface area contributed by atoms with E-state index in [0.29, 0.717) is 30.2 Å². The van der Waals surface area contributed by atoms with Gasteiger partial charge in [-0.15, -0.1) is 0 Å². The molecule has 0 radical (unpaired) electrons. The standard InChI is InChI=1S/C25H32N2O6/c1-25(2,3)23-12-16-11-22(33-10-7-26-5-8-32-9-6-26)21(31-4)13-17(16)19-14-20(28)18(24(29)30)15-27(19)23/h11,13-15,23H,5-10,12H2,1-4H3,(H,29,30)/t23-/m1/s1. The van der Waals surface area contributed by atoms with E-state index in [0.717, 1.165) is 44.0 Å². The molecule has 0 bridgehead atoms. The summed E-state index contributed by atoms with van der Waals surface area (Å²) in [5.74, 6) is 0.0525. The molecule has 178 valence electrons. The zero-order chi connectivity index (χ0) is 23.8. The van der Waals surface area contributed by atoms with Crippen molar-refractivity contribution in [3.8, 4) is 22.8 Å². The molecule has 0 amide bonds. The van der Waals surface area contributed by atoms with Crippen molar-refractivity contribution < 1.29 is 24.1 Å². The van der Waals surface area contributed by atoms with Crippen LogP contribution in [0.5, 0.6) is 11.5 Å². The normalized spacial score (nSPS) is 18.4. The summed E-state index contributed by atoms with van der Waals surface area (Å²) < 4.78 is 19.1. The van der Waals surface area contributed by atoms with Gasteiger partial charge in [0.15, 0.2) is 16.9 Å². The second kappa shape index (κ2) is 9.19. The number of morpholine rings is 1. The maximum atomic E-state index is 12.5. The van der Waals surface area contributed by atoms with Crippen LogP contribution in [0.4, 0.5) is 0 Å². The van der Waals surface area contributed by atoms with E-state index in [-0.39, 0.29) is 17.0 Å². The summed E-state index contributed by atoms with van der Waals surface area (Å²) in [5, 5.41) is 9.49. The van der Waals surface area contributed by atoms with Gasteiger partial charge in [-0.3, -0.25) is 9.69 Å². The first-order valence-electron chi connectivity index (χ1n) is 11.3. The molecule has 0 saturated carbocycles. The molecule has 4 rings (SSSR count). The summed E-state index contributed by atoms with van der Waals surface area (Å²) >= 11 is 0. The van der Waals surface area contributed by atoms with Crippen molar-refractivity contribution in [1.82, 2.24) is 9.47 Å². The quantitative estimate of drug-likeness (QED) is 0.714. The van der Waals surface area contributed by atoms with Crippen LogP contribution in [0.15, 0.2) is 29.2 Å². The van der Waals surface area contributed by atoms with Gasteiger partial charge in [-0.1, -0.05) is 20.8 Å². The minimum absolute atomic E-state index is 0.0201. The predicted molar refractivity (Wildman–Crippen MR) is 125 cm³/mol. The lowest BCUT2D eigenvalue weighted by molar-refractivity contribution is 0.0321. The lowest BCUT2D eigenvalue weighted by Gasteiger charge is -2.39. The first-order valence-corrected chi connectivity index (χ1v) is 11.3. The molecule has 8 heteroatoms. The monoisotopic (exact) mass is 456 g/mol. The maximum absolute atomic E-state index is 12.5. The Morgan fingerprint density at radius 1 is 1.18 bits per heavy atom. The molecule has 1 aromatic carbocycles. The molecule has 0 aliphatic carbocycles. The molecule has 2 aliphatic heterocycles. The first-order chi connectivity index (χ1) is 15.7. The number of fused-ring (bicyclic) bond motifs is 3. The van der Waals surface area contributed by atoms with Crippen LogP contribution in [0, 0.1) is 5.41 Å². The highest BCUT2D eigenvalue weighted by Gasteiger charge is 2.34. The molecule has 2 aliphatic rings. The summed E-state index contributed by atoms with van der Waals surface area (Å²) in [6.07, 6.45) is 2.18. The molecule has 1 fully saturated rings. The maximum Gasteiger partial charge on any atom is 0.341 e. The van der Waals surface area contributed by atoms with Crippen molar-refractivity contribution in [3.05, 3.63) is 45.7 Å². The van der Waals surface area contributed by atoms with E-state index in [1.807, 2.05) is 16.7 Å². The SMILES string of the molecule is COc1cc2c(cc1OCCN1CCOCC1)C[C@H](C(C)(C)C)n1cc(C(=O)O)c(=O)cc1-2. The molecular formula is C25H32N2O6. The summed E-state index contributed by atoms with van der Waals surface area (Å²) in [6, 6.07) is 5.31. The van der Waals surface area contributed by atoms with E-state index in [4.69, 9.17) is 14.2 Å². The number of aromatic carboxylic acids is 1. The average molecular weight is 457 g/mol. The number of hydrogen-bond donors (Lipinski definition) is 1. The third-order valence-electron chi connectivity index (χ3n) is 6.49. The molecule has 1 N–H and O–H groups in total. The minimum Gasteiger partial charge on any atom is -0.493 e. The number of pyridine rings is 1. The van der Waals surface area contributed by atoms with Gasteiger partial charge in [0.05, 0.1) is 26.0 Å². The number of aromatic nitrogens is 1. The molecule has 0 unspecified atom stereocenters. The highest BCUT2D eigenvalue weighted by Crippen LogP contribution is 2.45. The van der Waals surface area contributed by atoms with Gasteiger partial charge in [-0.05, 0) is 29.5 Å². The molecule has 2 aromatic rings. The number of nitrogens with zero attached hydrogens (tertiary/aromatic N) is 2. The van der Waals surface area contributed by atoms with Crippen LogP contribution < -0.4 is 14.9 Å². The molecule has 0 spiro atoms. The number of hydrogen-bond acceptors (Lipinski definition) is 6. The lowest BCUT2D eigenvalue weighted by atomic mass is 9.78. The predicted octanol–water partition coefficient (Wildman–Crippen LogP) is 3.08. The number of methoxy groups -OCH3 is 1. The first kappa shape index (κ1) is 23.3. The molecular weight excluding hydrogens is 424 g/mol. The van der Waals surface area contributed by atoms with E-state index in [1.165, 1.54) is 12.3 Å². The Hall–Kier alpha value is -2.84. The Morgan fingerprint density at radius 2 is 1.91 bits per heavy atom. The fourth-order valence-electron chi connectivity index (χ4n) is 4.61. The van der Waals surface area contributed by atoms with Crippen LogP contribution in [0.25, 0.3) is 11.3 Å². The summed E-state index contributed by atoms with van der Waals surface area (Å²) in [7, 11) is 1.60. The number of rotatable bonds is 6. The Bertz CT molecular complexity index is 1100. The van der Waals surface area contributed by atoms with Gasteiger partial charge in [0.1, 0.15) is 12.2 Å². The minimum atomic E-state index is -1.21. The van der Waals surface area contributed by atoms with Gasteiger partial charge in [0.25, 0.3) is 0 Å². The van der Waals surface area contributed by atoms with E-state index >= 15 is 0 Å². The largest absolute Gasteiger partial charge is 0.493 e. The van der Waals surface area contributed by atoms with Crippen LogP contribution in [0.2, 0.25) is 0 Å². The third kappa shape index (κ3) is 4.77. The fourth-order valence-corrected chi connectivity index (χ4v) is 4.61. The number of carboxylic acid groups (broad SMARTS) is 1. The Morgan fingerprint density at radius 3 is 2.55 bits per heavy atom. The van der Waals surface area contributed by atoms with Crippen molar-refractivity contribution in [1.29, 1.82) is 0 Å². The topological polar surface area (TPSA) is 90.2 Å². The molecule has 8 nitrogen and oxygen atoms in total. The van der Waals surface area contributed by atoms with E-state index < -0.39 is 11.4 Å². The Labute approximate surface area is 193 Å². The van der Waals surface area contributed by atoms with Crippen LogP contribution in [-0.4, -0.2) is 67.1 Å². The molecule has 3 heterocycles. The van der Waals surface area contributed by atoms with Crippen LogP contribution in [0.1, 0.15) is 42.7 Å². The van der Waals surface area contributed by atoms with Crippen molar-refractivity contribution in [2.24, 2.45) is 5.41 Å². The Kier molecular flexibility index (Phi) is 6.50. The molecule has 1 aromatic heterocycles. The Balaban J connectivity index is 1.71.